The average molecular weight is 276 g/mol. The molecule has 0 fully saturated rings. The van der Waals surface area contributed by atoms with Gasteiger partial charge in [-0.3, -0.25) is 4.79 Å². The van der Waals surface area contributed by atoms with Crippen molar-refractivity contribution in [3.63, 3.8) is 0 Å². The lowest BCUT2D eigenvalue weighted by molar-refractivity contribution is -0.0688. The molecule has 2 N–H and O–H groups in total. The summed E-state index contributed by atoms with van der Waals surface area (Å²) < 4.78 is 4.86. The second kappa shape index (κ2) is 4.06. The van der Waals surface area contributed by atoms with E-state index in [1.807, 2.05) is 13.8 Å². The van der Waals surface area contributed by atoms with Crippen LogP contribution in [0.25, 0.3) is 0 Å². The number of esters is 1. The van der Waals surface area contributed by atoms with Crippen LogP contribution in [0, 0.1) is 5.41 Å². The third-order valence-corrected chi connectivity index (χ3v) is 4.09. The molecule has 0 radical (unpaired) electrons. The fourth-order valence-corrected chi connectivity index (χ4v) is 3.31. The monoisotopic (exact) mass is 276 g/mol. The fraction of sp³-hybridized carbons (Fsp3) is 0.467. The Balaban J connectivity index is 2.32. The number of aldehydes is 1. The number of cyclic esters (lactones) is 1. The average Bonchev–Trinajstić information content (AvgIpc) is 2.64. The van der Waals surface area contributed by atoms with Crippen molar-refractivity contribution in [2.75, 3.05) is 0 Å². The van der Waals surface area contributed by atoms with Crippen LogP contribution in [0.2, 0.25) is 0 Å². The van der Waals surface area contributed by atoms with Crippen molar-refractivity contribution in [2.24, 2.45) is 5.41 Å². The van der Waals surface area contributed by atoms with Crippen LogP contribution in [0.5, 0.6) is 5.75 Å². The molecule has 20 heavy (non-hydrogen) atoms. The van der Waals surface area contributed by atoms with Gasteiger partial charge in [0, 0.05) is 6.42 Å². The number of carbonyl (C=O) groups is 2. The van der Waals surface area contributed by atoms with Gasteiger partial charge in [0.15, 0.2) is 6.29 Å². The molecule has 0 spiro atoms. The lowest BCUT2D eigenvalue weighted by Gasteiger charge is -2.25. The molecule has 1 aromatic carbocycles. The van der Waals surface area contributed by atoms with Gasteiger partial charge in [-0.25, -0.2) is 4.79 Å². The zero-order valence-electron chi connectivity index (χ0n) is 11.4. The molecule has 0 aromatic heterocycles. The summed E-state index contributed by atoms with van der Waals surface area (Å²) in [5.41, 5.74) is 2.20. The standard InChI is InChI=1S/C15H16O5/c1-15(2)4-8-9(5-15)13(18)10(6-16)7-3-11(17)20-14(19)12(7)8/h6,11,17-18H,3-5H2,1-2H3/t11-/m0/s1. The summed E-state index contributed by atoms with van der Waals surface area (Å²) in [6, 6.07) is 0. The molecule has 106 valence electrons. The minimum absolute atomic E-state index is 0.0381. The Morgan fingerprint density at radius 3 is 2.55 bits per heavy atom. The quantitative estimate of drug-likeness (QED) is 0.597. The Bertz CT molecular complexity index is 630. The van der Waals surface area contributed by atoms with E-state index in [0.717, 1.165) is 5.56 Å². The molecule has 1 aliphatic heterocycles. The summed E-state index contributed by atoms with van der Waals surface area (Å²) in [6.07, 6.45) is 0.572. The predicted molar refractivity (Wildman–Crippen MR) is 69.8 cm³/mol. The van der Waals surface area contributed by atoms with Crippen molar-refractivity contribution in [1.82, 2.24) is 0 Å². The third-order valence-electron chi connectivity index (χ3n) is 4.09. The maximum absolute atomic E-state index is 12.1. The van der Waals surface area contributed by atoms with E-state index in [-0.39, 0.29) is 23.1 Å². The van der Waals surface area contributed by atoms with E-state index in [2.05, 4.69) is 0 Å². The molecule has 5 nitrogen and oxygen atoms in total. The zero-order chi connectivity index (χ0) is 14.7. The first kappa shape index (κ1) is 13.1. The number of benzene rings is 1. The van der Waals surface area contributed by atoms with E-state index in [1.54, 1.807) is 0 Å². The molecule has 0 unspecified atom stereocenters. The molecule has 0 saturated carbocycles. The van der Waals surface area contributed by atoms with Crippen molar-refractivity contribution < 1.29 is 24.5 Å². The van der Waals surface area contributed by atoms with Crippen LogP contribution in [-0.2, 0) is 24.0 Å². The van der Waals surface area contributed by atoms with Gasteiger partial charge in [-0.2, -0.15) is 0 Å². The van der Waals surface area contributed by atoms with Crippen LogP contribution in [0.1, 0.15) is 51.3 Å². The Morgan fingerprint density at radius 2 is 1.90 bits per heavy atom. The lowest BCUT2D eigenvalue weighted by atomic mass is 9.88. The van der Waals surface area contributed by atoms with Gasteiger partial charge in [0.05, 0.1) is 11.1 Å². The highest BCUT2D eigenvalue weighted by Gasteiger charge is 2.40. The summed E-state index contributed by atoms with van der Waals surface area (Å²) in [7, 11) is 0. The molecule has 5 heteroatoms. The minimum atomic E-state index is -1.26. The number of aromatic hydroxyl groups is 1. The smallest absolute Gasteiger partial charge is 0.341 e. The van der Waals surface area contributed by atoms with Gasteiger partial charge in [0.2, 0.25) is 6.29 Å². The van der Waals surface area contributed by atoms with Gasteiger partial charge >= 0.3 is 5.97 Å². The van der Waals surface area contributed by atoms with E-state index in [0.29, 0.717) is 35.8 Å². The molecule has 0 bridgehead atoms. The molecular weight excluding hydrogens is 260 g/mol. The van der Waals surface area contributed by atoms with Crippen molar-refractivity contribution in [3.8, 4) is 5.75 Å². The first-order valence-electron chi connectivity index (χ1n) is 6.58. The van der Waals surface area contributed by atoms with Crippen molar-refractivity contribution >= 4 is 12.3 Å². The number of phenolic OH excluding ortho intramolecular Hbond substituents is 1. The van der Waals surface area contributed by atoms with Crippen molar-refractivity contribution in [3.05, 3.63) is 27.8 Å². The Kier molecular flexibility index (Phi) is 2.66. The van der Waals surface area contributed by atoms with Gasteiger partial charge in [-0.1, -0.05) is 13.8 Å². The van der Waals surface area contributed by atoms with Crippen molar-refractivity contribution in [2.45, 2.75) is 39.4 Å². The SMILES string of the molecule is CC1(C)Cc2c(O)c(C=O)c3c(c2C1)C(=O)O[C@H](O)C3. The highest BCUT2D eigenvalue weighted by atomic mass is 16.6. The molecule has 0 amide bonds. The summed E-state index contributed by atoms with van der Waals surface area (Å²) in [5.74, 6) is -0.669. The summed E-state index contributed by atoms with van der Waals surface area (Å²) in [6.45, 7) is 4.09. The van der Waals surface area contributed by atoms with E-state index < -0.39 is 12.3 Å². The lowest BCUT2D eigenvalue weighted by Crippen LogP contribution is -2.29. The van der Waals surface area contributed by atoms with Crippen LogP contribution in [-0.4, -0.2) is 28.8 Å². The van der Waals surface area contributed by atoms with Crippen LogP contribution < -0.4 is 0 Å². The fourth-order valence-electron chi connectivity index (χ4n) is 3.31. The second-order valence-electron chi connectivity index (χ2n) is 6.27. The van der Waals surface area contributed by atoms with E-state index in [1.165, 1.54) is 0 Å². The predicted octanol–water partition coefficient (Wildman–Crippen LogP) is 1.36. The molecule has 3 rings (SSSR count). The molecule has 1 aromatic rings. The molecule has 0 saturated heterocycles. The van der Waals surface area contributed by atoms with Crippen molar-refractivity contribution in [1.29, 1.82) is 0 Å². The third kappa shape index (κ3) is 1.73. The second-order valence-corrected chi connectivity index (χ2v) is 6.27. The zero-order valence-corrected chi connectivity index (χ0v) is 11.4. The highest BCUT2D eigenvalue weighted by molar-refractivity contribution is 5.99. The maximum atomic E-state index is 12.1. The highest BCUT2D eigenvalue weighted by Crippen LogP contribution is 2.46. The number of aliphatic hydroxyl groups is 1. The van der Waals surface area contributed by atoms with Gasteiger partial charge in [0.25, 0.3) is 0 Å². The van der Waals surface area contributed by atoms with Gasteiger partial charge in [-0.15, -0.1) is 0 Å². The minimum Gasteiger partial charge on any atom is -0.507 e. The van der Waals surface area contributed by atoms with Crippen LogP contribution in [0.4, 0.5) is 0 Å². The number of hydrogen-bond acceptors (Lipinski definition) is 5. The molecule has 2 aliphatic rings. The summed E-state index contributed by atoms with van der Waals surface area (Å²) in [4.78, 5) is 23.3. The number of ether oxygens (including phenoxy) is 1. The van der Waals surface area contributed by atoms with E-state index in [9.17, 15) is 19.8 Å². The van der Waals surface area contributed by atoms with Gasteiger partial charge < -0.3 is 14.9 Å². The van der Waals surface area contributed by atoms with Gasteiger partial charge in [0.1, 0.15) is 5.75 Å². The summed E-state index contributed by atoms with van der Waals surface area (Å²) in [5, 5.41) is 19.9. The number of carbonyl (C=O) groups excluding carboxylic acids is 2. The molecule has 1 heterocycles. The largest absolute Gasteiger partial charge is 0.507 e. The van der Waals surface area contributed by atoms with Crippen LogP contribution in [0.3, 0.4) is 0 Å². The molecular formula is C15H16O5. The summed E-state index contributed by atoms with van der Waals surface area (Å²) >= 11 is 0. The van der Waals surface area contributed by atoms with E-state index >= 15 is 0 Å². The molecule has 1 atom stereocenters. The first-order chi connectivity index (χ1) is 9.34. The normalized spacial score (nSPS) is 22.9. The van der Waals surface area contributed by atoms with Crippen LogP contribution >= 0.6 is 0 Å². The number of rotatable bonds is 1. The first-order valence-corrected chi connectivity index (χ1v) is 6.58. The van der Waals surface area contributed by atoms with Gasteiger partial charge in [-0.05, 0) is 34.9 Å². The van der Waals surface area contributed by atoms with Crippen LogP contribution in [0.15, 0.2) is 0 Å². The number of fused-ring (bicyclic) bond motifs is 3. The number of aliphatic hydroxyl groups excluding tert-OH is 1. The Morgan fingerprint density at radius 1 is 1.25 bits per heavy atom. The molecule has 1 aliphatic carbocycles. The number of phenols is 1. The maximum Gasteiger partial charge on any atom is 0.341 e. The van der Waals surface area contributed by atoms with E-state index in [4.69, 9.17) is 4.74 Å². The number of hydrogen-bond donors (Lipinski definition) is 2. The Labute approximate surface area is 116 Å². The Hall–Kier alpha value is -1.88. The topological polar surface area (TPSA) is 83.8 Å².